The Morgan fingerprint density at radius 2 is 2.17 bits per heavy atom. The number of piperidine rings is 1. The summed E-state index contributed by atoms with van der Waals surface area (Å²) >= 11 is 0. The average Bonchev–Trinajstić information content (AvgIpc) is 2.01. The molecule has 68 valence electrons. The lowest BCUT2D eigenvalue weighted by Gasteiger charge is -2.40. The van der Waals surface area contributed by atoms with Gasteiger partial charge in [0.2, 0.25) is 0 Å². The van der Waals surface area contributed by atoms with Crippen molar-refractivity contribution in [3.63, 3.8) is 0 Å². The molecule has 0 aromatic carbocycles. The van der Waals surface area contributed by atoms with Crippen molar-refractivity contribution in [2.24, 2.45) is 5.92 Å². The zero-order valence-corrected chi connectivity index (χ0v) is 8.09. The first-order chi connectivity index (χ1) is 5.49. The summed E-state index contributed by atoms with van der Waals surface area (Å²) in [5, 5.41) is 9.99. The fourth-order valence-electron chi connectivity index (χ4n) is 1.90. The molecule has 1 heterocycles. The van der Waals surface area contributed by atoms with Crippen LogP contribution >= 0.6 is 0 Å². The van der Waals surface area contributed by atoms with Crippen molar-refractivity contribution in [3.05, 3.63) is 0 Å². The van der Waals surface area contributed by atoms with E-state index in [0.717, 1.165) is 13.0 Å². The Morgan fingerprint density at radius 3 is 2.67 bits per heavy atom. The quantitative estimate of drug-likeness (QED) is 0.459. The van der Waals surface area contributed by atoms with Gasteiger partial charge in [0.15, 0.2) is 0 Å². The number of terminal acetylenes is 1. The number of aliphatic hydroxyl groups is 1. The second kappa shape index (κ2) is 3.08. The maximum absolute atomic E-state index is 9.99. The smallest absolute Gasteiger partial charge is 0.138 e. The van der Waals surface area contributed by atoms with Crippen LogP contribution in [0.2, 0.25) is 0 Å². The molecule has 0 aromatic rings. The molecule has 1 rings (SSSR count). The molecular weight excluding hydrogens is 150 g/mol. The normalized spacial score (nSPS) is 48.4. The van der Waals surface area contributed by atoms with Crippen LogP contribution in [0.5, 0.6) is 0 Å². The zero-order chi connectivity index (χ0) is 9.35. The van der Waals surface area contributed by atoms with Crippen molar-refractivity contribution in [2.75, 3.05) is 13.6 Å². The molecule has 0 aromatic heterocycles. The summed E-state index contributed by atoms with van der Waals surface area (Å²) < 4.78 is 0. The molecule has 2 heteroatoms. The molecular formula is C10H18NO+. The summed E-state index contributed by atoms with van der Waals surface area (Å²) in [6.45, 7) is 5.11. The predicted octanol–water partition coefficient (Wildman–Crippen LogP) is -0.706. The van der Waals surface area contributed by atoms with E-state index in [0.29, 0.717) is 6.04 Å². The summed E-state index contributed by atoms with van der Waals surface area (Å²) in [5.41, 5.74) is -0.862. The van der Waals surface area contributed by atoms with Gasteiger partial charge >= 0.3 is 0 Å². The third kappa shape index (κ3) is 1.48. The summed E-state index contributed by atoms with van der Waals surface area (Å²) in [6, 6.07) is 0.460. The minimum Gasteiger partial charge on any atom is -0.377 e. The van der Waals surface area contributed by atoms with E-state index in [2.05, 4.69) is 19.9 Å². The van der Waals surface area contributed by atoms with E-state index >= 15 is 0 Å². The van der Waals surface area contributed by atoms with Crippen molar-refractivity contribution in [1.82, 2.24) is 0 Å². The number of nitrogens with one attached hydrogen (secondary N) is 1. The SMILES string of the molecule is C#C[C@]1(O)C[C@@H](C)[NH+](C)C[C@H]1C. The van der Waals surface area contributed by atoms with E-state index in [4.69, 9.17) is 6.42 Å². The molecule has 0 spiro atoms. The van der Waals surface area contributed by atoms with Crippen LogP contribution in [0.1, 0.15) is 20.3 Å². The molecule has 0 saturated carbocycles. The first kappa shape index (κ1) is 9.57. The Bertz CT molecular complexity index is 208. The van der Waals surface area contributed by atoms with Gasteiger partial charge in [-0.1, -0.05) is 12.8 Å². The molecule has 0 bridgehead atoms. The van der Waals surface area contributed by atoms with E-state index in [9.17, 15) is 5.11 Å². The van der Waals surface area contributed by atoms with Gasteiger partial charge in [-0.15, -0.1) is 6.42 Å². The zero-order valence-electron chi connectivity index (χ0n) is 8.09. The van der Waals surface area contributed by atoms with Gasteiger partial charge < -0.3 is 10.0 Å². The van der Waals surface area contributed by atoms with Gasteiger partial charge in [-0.05, 0) is 6.92 Å². The highest BCUT2D eigenvalue weighted by molar-refractivity contribution is 5.11. The fourth-order valence-corrected chi connectivity index (χ4v) is 1.90. The molecule has 1 aliphatic heterocycles. The lowest BCUT2D eigenvalue weighted by molar-refractivity contribution is -0.915. The van der Waals surface area contributed by atoms with Crippen LogP contribution in [0.4, 0.5) is 0 Å². The maximum atomic E-state index is 9.99. The molecule has 1 saturated heterocycles. The van der Waals surface area contributed by atoms with Gasteiger partial charge in [0, 0.05) is 12.3 Å². The lowest BCUT2D eigenvalue weighted by Crippen LogP contribution is -3.15. The standard InChI is InChI=1S/C10H17NO/c1-5-10(12)6-9(3)11(4)7-8(10)2/h1,8-9,12H,6-7H2,2-4H3/p+1/t8-,9-,10+/m1/s1. The third-order valence-electron chi connectivity index (χ3n) is 3.15. The Balaban J connectivity index is 2.76. The molecule has 4 atom stereocenters. The number of hydrogen-bond acceptors (Lipinski definition) is 1. The third-order valence-corrected chi connectivity index (χ3v) is 3.15. The molecule has 0 amide bonds. The topological polar surface area (TPSA) is 24.7 Å². The molecule has 2 nitrogen and oxygen atoms in total. The molecule has 1 unspecified atom stereocenters. The molecule has 1 aliphatic rings. The number of likely N-dealkylation sites (tertiary alicyclic amines) is 1. The molecule has 1 fully saturated rings. The Kier molecular flexibility index (Phi) is 2.46. The first-order valence-electron chi connectivity index (χ1n) is 4.52. The minimum atomic E-state index is -0.862. The Labute approximate surface area is 74.6 Å². The molecule has 2 N–H and O–H groups in total. The van der Waals surface area contributed by atoms with Gasteiger partial charge in [0.25, 0.3) is 0 Å². The van der Waals surface area contributed by atoms with Crippen LogP contribution in [0.25, 0.3) is 0 Å². The number of rotatable bonds is 0. The van der Waals surface area contributed by atoms with Crippen LogP contribution in [0.15, 0.2) is 0 Å². The first-order valence-corrected chi connectivity index (χ1v) is 4.52. The van der Waals surface area contributed by atoms with Crippen molar-refractivity contribution in [2.45, 2.75) is 31.9 Å². The predicted molar refractivity (Wildman–Crippen MR) is 48.8 cm³/mol. The highest BCUT2D eigenvalue weighted by Gasteiger charge is 2.42. The van der Waals surface area contributed by atoms with Gasteiger partial charge in [-0.2, -0.15) is 0 Å². The second-order valence-corrected chi connectivity index (χ2v) is 4.13. The number of hydrogen-bond donors (Lipinski definition) is 2. The monoisotopic (exact) mass is 168 g/mol. The molecule has 0 aliphatic carbocycles. The van der Waals surface area contributed by atoms with Crippen LogP contribution in [0, 0.1) is 18.3 Å². The van der Waals surface area contributed by atoms with E-state index < -0.39 is 5.60 Å². The summed E-state index contributed by atoms with van der Waals surface area (Å²) in [5.74, 6) is 2.73. The summed E-state index contributed by atoms with van der Waals surface area (Å²) in [4.78, 5) is 1.46. The van der Waals surface area contributed by atoms with Crippen molar-refractivity contribution in [3.8, 4) is 12.3 Å². The summed E-state index contributed by atoms with van der Waals surface area (Å²) in [7, 11) is 2.15. The van der Waals surface area contributed by atoms with Crippen molar-refractivity contribution in [1.29, 1.82) is 0 Å². The van der Waals surface area contributed by atoms with Crippen LogP contribution in [0.3, 0.4) is 0 Å². The van der Waals surface area contributed by atoms with Gasteiger partial charge in [-0.3, -0.25) is 0 Å². The molecule has 0 radical (unpaired) electrons. The van der Waals surface area contributed by atoms with Crippen molar-refractivity contribution >= 4 is 0 Å². The summed E-state index contributed by atoms with van der Waals surface area (Å²) in [6.07, 6.45) is 6.05. The highest BCUT2D eigenvalue weighted by atomic mass is 16.3. The highest BCUT2D eigenvalue weighted by Crippen LogP contribution is 2.23. The minimum absolute atomic E-state index is 0.207. The van der Waals surface area contributed by atoms with Crippen molar-refractivity contribution < 1.29 is 10.0 Å². The van der Waals surface area contributed by atoms with E-state index in [-0.39, 0.29) is 5.92 Å². The van der Waals surface area contributed by atoms with E-state index in [1.807, 2.05) is 6.92 Å². The van der Waals surface area contributed by atoms with Gasteiger partial charge in [0.05, 0.1) is 19.6 Å². The largest absolute Gasteiger partial charge is 0.377 e. The van der Waals surface area contributed by atoms with E-state index in [1.165, 1.54) is 4.90 Å². The van der Waals surface area contributed by atoms with Crippen LogP contribution in [-0.4, -0.2) is 30.3 Å². The fraction of sp³-hybridized carbons (Fsp3) is 0.800. The number of quaternary nitrogens is 1. The second-order valence-electron chi connectivity index (χ2n) is 4.13. The van der Waals surface area contributed by atoms with Crippen LogP contribution in [-0.2, 0) is 0 Å². The van der Waals surface area contributed by atoms with Crippen LogP contribution < -0.4 is 4.90 Å². The Morgan fingerprint density at radius 1 is 1.58 bits per heavy atom. The average molecular weight is 168 g/mol. The maximum Gasteiger partial charge on any atom is 0.138 e. The lowest BCUT2D eigenvalue weighted by atomic mass is 9.80. The van der Waals surface area contributed by atoms with E-state index in [1.54, 1.807) is 0 Å². The van der Waals surface area contributed by atoms with Gasteiger partial charge in [-0.25, -0.2) is 0 Å². The molecule has 12 heavy (non-hydrogen) atoms. The van der Waals surface area contributed by atoms with Gasteiger partial charge in [0.1, 0.15) is 5.60 Å². The Hall–Kier alpha value is -0.520.